The number of aliphatic carboxylic acids is 1. The zero-order valence-corrected chi connectivity index (χ0v) is 14.6. The average Bonchev–Trinajstić information content (AvgIpc) is 3.09. The Morgan fingerprint density at radius 2 is 1.85 bits per heavy atom. The fraction of sp³-hybridized carbons (Fsp3) is 0.294. The van der Waals surface area contributed by atoms with Crippen molar-refractivity contribution in [3.05, 3.63) is 54.0 Å². The molecule has 1 aromatic heterocycles. The summed E-state index contributed by atoms with van der Waals surface area (Å²) < 4.78 is 32.0. The second kappa shape index (κ2) is 6.93. The minimum atomic E-state index is -3.76. The van der Waals surface area contributed by atoms with Gasteiger partial charge in [0, 0.05) is 5.56 Å². The fourth-order valence-corrected chi connectivity index (χ4v) is 3.65. The molecule has 1 heterocycles. The summed E-state index contributed by atoms with van der Waals surface area (Å²) in [5.74, 6) is -1.12. The Labute approximate surface area is 150 Å². The highest BCUT2D eigenvalue weighted by molar-refractivity contribution is 7.89. The van der Waals surface area contributed by atoms with Crippen molar-refractivity contribution in [2.45, 2.75) is 36.2 Å². The number of nitrogens with one attached hydrogen (secondary N) is 2. The molecule has 1 fully saturated rings. The van der Waals surface area contributed by atoms with Crippen LogP contribution in [0, 0.1) is 0 Å². The fourth-order valence-electron chi connectivity index (χ4n) is 2.66. The van der Waals surface area contributed by atoms with E-state index in [4.69, 9.17) is 4.42 Å². The second-order valence-corrected chi connectivity index (χ2v) is 7.89. The van der Waals surface area contributed by atoms with Gasteiger partial charge in [0.25, 0.3) is 5.91 Å². The summed E-state index contributed by atoms with van der Waals surface area (Å²) in [6.07, 6.45) is 2.96. The Kier molecular flexibility index (Phi) is 4.84. The van der Waals surface area contributed by atoms with Crippen LogP contribution >= 0.6 is 0 Å². The Morgan fingerprint density at radius 3 is 2.35 bits per heavy atom. The van der Waals surface area contributed by atoms with E-state index in [1.165, 1.54) is 30.5 Å². The lowest BCUT2D eigenvalue weighted by Crippen LogP contribution is -2.59. The molecule has 1 saturated carbocycles. The number of carbonyl (C=O) groups excluding carboxylic acids is 1. The van der Waals surface area contributed by atoms with Gasteiger partial charge >= 0.3 is 5.97 Å². The number of carboxylic acid groups (broad SMARTS) is 1. The second-order valence-electron chi connectivity index (χ2n) is 6.12. The van der Waals surface area contributed by atoms with Gasteiger partial charge in [-0.3, -0.25) is 4.79 Å². The van der Waals surface area contributed by atoms with E-state index >= 15 is 0 Å². The van der Waals surface area contributed by atoms with Gasteiger partial charge in [-0.25, -0.2) is 17.9 Å². The molecule has 0 saturated heterocycles. The van der Waals surface area contributed by atoms with E-state index in [0.29, 0.717) is 18.6 Å². The first-order valence-electron chi connectivity index (χ1n) is 8.00. The van der Waals surface area contributed by atoms with Crippen molar-refractivity contribution in [1.82, 2.24) is 10.0 Å². The van der Waals surface area contributed by atoms with Crippen LogP contribution in [0.1, 0.15) is 35.4 Å². The number of benzene rings is 1. The SMILES string of the molecule is O=C(NC1(C(=O)O)CCC1)c1ccc(S(=O)(=O)NCc2ccco2)cc1. The number of hydrogen-bond donors (Lipinski definition) is 3. The van der Waals surface area contributed by atoms with Gasteiger partial charge in [-0.2, -0.15) is 0 Å². The van der Waals surface area contributed by atoms with Gasteiger partial charge < -0.3 is 14.8 Å². The number of carbonyl (C=O) groups is 2. The number of hydrogen-bond acceptors (Lipinski definition) is 5. The van der Waals surface area contributed by atoms with Crippen molar-refractivity contribution >= 4 is 21.9 Å². The molecule has 26 heavy (non-hydrogen) atoms. The lowest BCUT2D eigenvalue weighted by atomic mass is 9.76. The molecule has 0 radical (unpaired) electrons. The minimum Gasteiger partial charge on any atom is -0.480 e. The maximum Gasteiger partial charge on any atom is 0.329 e. The van der Waals surface area contributed by atoms with E-state index in [1.807, 2.05) is 0 Å². The Morgan fingerprint density at radius 1 is 1.15 bits per heavy atom. The molecule has 8 nitrogen and oxygen atoms in total. The van der Waals surface area contributed by atoms with E-state index in [0.717, 1.165) is 6.42 Å². The summed E-state index contributed by atoms with van der Waals surface area (Å²) in [5.41, 5.74) is -1.02. The van der Waals surface area contributed by atoms with Crippen LogP contribution in [0.25, 0.3) is 0 Å². The van der Waals surface area contributed by atoms with Crippen molar-refractivity contribution in [1.29, 1.82) is 0 Å². The van der Waals surface area contributed by atoms with Gasteiger partial charge in [-0.05, 0) is 55.7 Å². The van der Waals surface area contributed by atoms with E-state index in [1.54, 1.807) is 12.1 Å². The van der Waals surface area contributed by atoms with Crippen LogP contribution in [0.3, 0.4) is 0 Å². The summed E-state index contributed by atoms with van der Waals surface area (Å²) >= 11 is 0. The molecule has 0 unspecified atom stereocenters. The molecule has 138 valence electrons. The number of rotatable bonds is 7. The zero-order chi connectivity index (χ0) is 18.8. The van der Waals surface area contributed by atoms with Crippen molar-refractivity contribution in [3.8, 4) is 0 Å². The molecule has 0 spiro atoms. The van der Waals surface area contributed by atoms with Gasteiger partial charge in [0.1, 0.15) is 11.3 Å². The minimum absolute atomic E-state index is 0.00259. The lowest BCUT2D eigenvalue weighted by Gasteiger charge is -2.38. The summed E-state index contributed by atoms with van der Waals surface area (Å²) in [6.45, 7) is 0.0126. The van der Waals surface area contributed by atoms with Crippen LogP contribution in [-0.2, 0) is 21.4 Å². The standard InChI is InChI=1S/C17H18N2O6S/c20-15(19-17(16(21)22)8-2-9-17)12-4-6-14(7-5-12)26(23,24)18-11-13-3-1-10-25-13/h1,3-7,10,18H,2,8-9,11H2,(H,19,20)(H,21,22). The first-order valence-corrected chi connectivity index (χ1v) is 9.49. The average molecular weight is 378 g/mol. The Balaban J connectivity index is 1.67. The van der Waals surface area contributed by atoms with Gasteiger partial charge in [0.2, 0.25) is 10.0 Å². The highest BCUT2D eigenvalue weighted by Gasteiger charge is 2.45. The third kappa shape index (κ3) is 3.63. The summed E-state index contributed by atoms with van der Waals surface area (Å²) in [7, 11) is -3.76. The van der Waals surface area contributed by atoms with Gasteiger partial charge in [-0.15, -0.1) is 0 Å². The highest BCUT2D eigenvalue weighted by Crippen LogP contribution is 2.32. The van der Waals surface area contributed by atoms with Crippen LogP contribution in [0.15, 0.2) is 52.0 Å². The lowest BCUT2D eigenvalue weighted by molar-refractivity contribution is -0.148. The number of amides is 1. The number of carboxylic acids is 1. The summed E-state index contributed by atoms with van der Waals surface area (Å²) in [6, 6.07) is 8.61. The van der Waals surface area contributed by atoms with E-state index in [9.17, 15) is 23.1 Å². The predicted octanol–water partition coefficient (Wildman–Crippen LogP) is 1.50. The molecular formula is C17H18N2O6S. The molecule has 1 aliphatic rings. The first kappa shape index (κ1) is 18.2. The molecule has 3 rings (SSSR count). The molecule has 1 amide bonds. The summed E-state index contributed by atoms with van der Waals surface area (Å²) in [4.78, 5) is 23.6. The van der Waals surface area contributed by atoms with Gasteiger partial charge in [0.15, 0.2) is 0 Å². The number of furan rings is 1. The van der Waals surface area contributed by atoms with Crippen molar-refractivity contribution in [3.63, 3.8) is 0 Å². The number of sulfonamides is 1. The van der Waals surface area contributed by atoms with Crippen LogP contribution < -0.4 is 10.0 Å². The molecule has 1 aliphatic carbocycles. The molecule has 0 atom stereocenters. The molecule has 3 N–H and O–H groups in total. The van der Waals surface area contributed by atoms with E-state index in [2.05, 4.69) is 10.0 Å². The van der Waals surface area contributed by atoms with Crippen LogP contribution in [0.5, 0.6) is 0 Å². The normalized spacial score (nSPS) is 15.8. The highest BCUT2D eigenvalue weighted by atomic mass is 32.2. The molecule has 0 aliphatic heterocycles. The molecule has 1 aromatic carbocycles. The topological polar surface area (TPSA) is 126 Å². The van der Waals surface area contributed by atoms with Crippen molar-refractivity contribution < 1.29 is 27.5 Å². The summed E-state index contributed by atoms with van der Waals surface area (Å²) in [5, 5.41) is 11.8. The van der Waals surface area contributed by atoms with Crippen LogP contribution in [0.2, 0.25) is 0 Å². The zero-order valence-electron chi connectivity index (χ0n) is 13.8. The Hall–Kier alpha value is -2.65. The van der Waals surface area contributed by atoms with Crippen LogP contribution in [-0.4, -0.2) is 30.9 Å². The van der Waals surface area contributed by atoms with E-state index in [-0.39, 0.29) is 17.0 Å². The predicted molar refractivity (Wildman–Crippen MR) is 90.9 cm³/mol. The van der Waals surface area contributed by atoms with E-state index < -0.39 is 27.4 Å². The maximum atomic E-state index is 12.3. The van der Waals surface area contributed by atoms with Crippen molar-refractivity contribution in [2.75, 3.05) is 0 Å². The Bertz CT molecular complexity index is 899. The maximum absolute atomic E-state index is 12.3. The third-order valence-electron chi connectivity index (χ3n) is 4.41. The largest absolute Gasteiger partial charge is 0.480 e. The molecular weight excluding hydrogens is 360 g/mol. The quantitative estimate of drug-likeness (QED) is 0.670. The first-order chi connectivity index (χ1) is 12.3. The van der Waals surface area contributed by atoms with Crippen molar-refractivity contribution in [2.24, 2.45) is 0 Å². The van der Waals surface area contributed by atoms with Gasteiger partial charge in [0.05, 0.1) is 17.7 Å². The third-order valence-corrected chi connectivity index (χ3v) is 5.83. The smallest absolute Gasteiger partial charge is 0.329 e. The van der Waals surface area contributed by atoms with Crippen LogP contribution in [0.4, 0.5) is 0 Å². The molecule has 9 heteroatoms. The molecule has 2 aromatic rings. The van der Waals surface area contributed by atoms with Gasteiger partial charge in [-0.1, -0.05) is 0 Å². The monoisotopic (exact) mass is 378 g/mol. The molecule has 0 bridgehead atoms.